The van der Waals surface area contributed by atoms with Gasteiger partial charge in [-0.25, -0.2) is 25.8 Å². The summed E-state index contributed by atoms with van der Waals surface area (Å²) in [5.74, 6) is -2.92. The number of pyridine rings is 2. The smallest absolute Gasteiger partial charge is 0.485 e. The maximum Gasteiger partial charge on any atom is 0.485 e. The molecule has 0 atom stereocenters. The first-order chi connectivity index (χ1) is 15.5. The summed E-state index contributed by atoms with van der Waals surface area (Å²) in [6.45, 7) is 4.37. The summed E-state index contributed by atoms with van der Waals surface area (Å²) in [4.78, 5) is 0. The lowest BCUT2D eigenvalue weighted by Gasteiger charge is -2.08. The fourth-order valence-electron chi connectivity index (χ4n) is 1.46. The highest BCUT2D eigenvalue weighted by atomic mass is 32.2. The molecule has 19 heteroatoms. The molecule has 0 radical (unpaired) electrons. The second-order valence-corrected chi connectivity index (χ2v) is 8.57. The standard InChI is InChI=1S/C7H7F3N.C7H10N.2CHF3O3S/c1-4-6(9)5(8)3-11(2)7(4)10;1-2-8-6-4-3-5-7-8;2*2-1(3,4)8(5,6)7/h3H,1-2H3;3-7H,2H2,1H3;2*(H,5,6,7)/q2*+1;;/p-2. The van der Waals surface area contributed by atoms with Crippen LogP contribution in [0.5, 0.6) is 0 Å². The zero-order valence-corrected chi connectivity index (χ0v) is 19.4. The summed E-state index contributed by atoms with van der Waals surface area (Å²) >= 11 is 0. The van der Waals surface area contributed by atoms with Crippen LogP contribution in [-0.4, -0.2) is 37.0 Å². The van der Waals surface area contributed by atoms with Gasteiger partial charge in [-0.2, -0.15) is 35.3 Å². The molecule has 0 aromatic carbocycles. The first kappa shape index (κ1) is 34.7. The zero-order chi connectivity index (χ0) is 28.4. The highest BCUT2D eigenvalue weighted by Crippen LogP contribution is 2.21. The number of aromatic nitrogens is 2. The Morgan fingerprint density at radius 1 is 0.829 bits per heavy atom. The summed E-state index contributed by atoms with van der Waals surface area (Å²) < 4.78 is 159. The highest BCUT2D eigenvalue weighted by Gasteiger charge is 2.37. The number of halogens is 9. The molecule has 2 rings (SSSR count). The van der Waals surface area contributed by atoms with Gasteiger partial charge in [0.1, 0.15) is 13.6 Å². The Labute approximate surface area is 193 Å². The quantitative estimate of drug-likeness (QED) is 0.171. The fraction of sp³-hybridized carbons (Fsp3) is 0.375. The maximum atomic E-state index is 12.7. The van der Waals surface area contributed by atoms with Crippen molar-refractivity contribution in [1.29, 1.82) is 0 Å². The summed E-state index contributed by atoms with van der Waals surface area (Å²) in [6.07, 6.45) is 4.87. The Morgan fingerprint density at radius 2 is 1.17 bits per heavy atom. The Morgan fingerprint density at radius 3 is 1.43 bits per heavy atom. The molecule has 0 amide bonds. The van der Waals surface area contributed by atoms with Crippen LogP contribution in [0.25, 0.3) is 0 Å². The molecule has 0 N–H and O–H groups in total. The van der Waals surface area contributed by atoms with Crippen LogP contribution in [0.2, 0.25) is 0 Å². The van der Waals surface area contributed by atoms with Gasteiger partial charge in [-0.05, 0) is 13.8 Å². The summed E-state index contributed by atoms with van der Waals surface area (Å²) in [5.41, 5.74) is -11.6. The molecule has 0 aliphatic rings. The van der Waals surface area contributed by atoms with Crippen molar-refractivity contribution in [2.24, 2.45) is 7.05 Å². The van der Waals surface area contributed by atoms with Gasteiger partial charge in [0.15, 0.2) is 38.4 Å². The molecule has 0 aliphatic heterocycles. The third-order valence-electron chi connectivity index (χ3n) is 3.17. The molecule has 2 aromatic heterocycles. The molecule has 202 valence electrons. The minimum absolute atomic E-state index is 0.299. The first-order valence-electron chi connectivity index (χ1n) is 8.45. The molecule has 2 heterocycles. The van der Waals surface area contributed by atoms with Gasteiger partial charge in [-0.15, -0.1) is 4.39 Å². The molecule has 0 aliphatic carbocycles. The third kappa shape index (κ3) is 13.2. The van der Waals surface area contributed by atoms with E-state index in [1.54, 1.807) is 0 Å². The van der Waals surface area contributed by atoms with Crippen molar-refractivity contribution < 1.29 is 74.6 Å². The predicted octanol–water partition coefficient (Wildman–Crippen LogP) is 2.33. The Kier molecular flexibility index (Phi) is 13.4. The van der Waals surface area contributed by atoms with Crippen molar-refractivity contribution in [3.63, 3.8) is 0 Å². The molecule has 2 aromatic rings. The Hall–Kier alpha value is -2.51. The van der Waals surface area contributed by atoms with E-state index in [4.69, 9.17) is 25.9 Å². The maximum absolute atomic E-state index is 12.7. The largest absolute Gasteiger partial charge is 0.741 e. The van der Waals surface area contributed by atoms with Gasteiger partial charge >= 0.3 is 17.0 Å². The molecule has 0 unspecified atom stereocenters. The van der Waals surface area contributed by atoms with Crippen molar-refractivity contribution in [2.75, 3.05) is 0 Å². The lowest BCUT2D eigenvalue weighted by Crippen LogP contribution is -2.35. The van der Waals surface area contributed by atoms with Crippen LogP contribution in [0.15, 0.2) is 36.8 Å². The van der Waals surface area contributed by atoms with Gasteiger partial charge < -0.3 is 9.11 Å². The van der Waals surface area contributed by atoms with Crippen molar-refractivity contribution in [1.82, 2.24) is 0 Å². The van der Waals surface area contributed by atoms with Crippen LogP contribution in [-0.2, 0) is 33.8 Å². The van der Waals surface area contributed by atoms with E-state index in [-0.39, 0.29) is 5.56 Å². The number of hydrogen-bond donors (Lipinski definition) is 0. The van der Waals surface area contributed by atoms with E-state index in [0.717, 1.165) is 17.3 Å². The number of rotatable bonds is 1. The summed E-state index contributed by atoms with van der Waals surface area (Å²) in [7, 11) is -10.9. The zero-order valence-electron chi connectivity index (χ0n) is 17.7. The van der Waals surface area contributed by atoms with Crippen LogP contribution < -0.4 is 9.13 Å². The number of hydrogen-bond acceptors (Lipinski definition) is 6. The number of alkyl halides is 6. The average molecular weight is 568 g/mol. The molecule has 35 heavy (non-hydrogen) atoms. The highest BCUT2D eigenvalue weighted by molar-refractivity contribution is 7.86. The molecular formula is C16H17F9N2O6S2. The molecule has 0 fully saturated rings. The number of aryl methyl sites for hydroxylation is 2. The van der Waals surface area contributed by atoms with E-state index in [1.807, 2.05) is 18.2 Å². The monoisotopic (exact) mass is 568 g/mol. The second-order valence-electron chi connectivity index (χ2n) is 5.82. The number of nitrogens with zero attached hydrogens (tertiary/aromatic N) is 2. The van der Waals surface area contributed by atoms with E-state index < -0.39 is 48.8 Å². The van der Waals surface area contributed by atoms with Crippen LogP contribution in [0.1, 0.15) is 12.5 Å². The summed E-state index contributed by atoms with van der Waals surface area (Å²) in [5, 5.41) is 0. The average Bonchev–Trinajstić information content (AvgIpc) is 2.70. The molecule has 8 nitrogen and oxygen atoms in total. The first-order valence-corrected chi connectivity index (χ1v) is 11.3. The van der Waals surface area contributed by atoms with Gasteiger partial charge in [0.25, 0.3) is 0 Å². The van der Waals surface area contributed by atoms with Gasteiger partial charge in [0, 0.05) is 12.1 Å². The van der Waals surface area contributed by atoms with Crippen molar-refractivity contribution >= 4 is 20.2 Å². The molecule has 0 spiro atoms. The van der Waals surface area contributed by atoms with Crippen molar-refractivity contribution in [3.05, 3.63) is 59.9 Å². The lowest BCUT2D eigenvalue weighted by molar-refractivity contribution is -0.702. The van der Waals surface area contributed by atoms with Crippen LogP contribution in [0.3, 0.4) is 0 Å². The minimum Gasteiger partial charge on any atom is -0.741 e. The molecular weight excluding hydrogens is 551 g/mol. The van der Waals surface area contributed by atoms with E-state index in [2.05, 4.69) is 23.9 Å². The Bertz CT molecular complexity index is 1090. The van der Waals surface area contributed by atoms with E-state index in [9.17, 15) is 39.5 Å². The Balaban J connectivity index is 0. The van der Waals surface area contributed by atoms with Gasteiger partial charge in [-0.3, -0.25) is 0 Å². The lowest BCUT2D eigenvalue weighted by atomic mass is 10.3. The van der Waals surface area contributed by atoms with Gasteiger partial charge in [-0.1, -0.05) is 6.07 Å². The van der Waals surface area contributed by atoms with Crippen molar-refractivity contribution in [2.45, 2.75) is 31.4 Å². The third-order valence-corrected chi connectivity index (χ3v) is 4.31. The van der Waals surface area contributed by atoms with Crippen LogP contribution in [0.4, 0.5) is 39.5 Å². The van der Waals surface area contributed by atoms with E-state index >= 15 is 0 Å². The second kappa shape index (κ2) is 13.5. The van der Waals surface area contributed by atoms with Crippen LogP contribution >= 0.6 is 0 Å². The van der Waals surface area contributed by atoms with Gasteiger partial charge in [0.05, 0.1) is 5.56 Å². The van der Waals surface area contributed by atoms with Gasteiger partial charge in [0.2, 0.25) is 12.0 Å². The SMILES string of the molecule is CC[n+]1ccccc1.Cc1c(F)c(F)c[n+](C)c1F.O=S(=O)([O-])C(F)(F)F.O=S(=O)([O-])C(F)(F)F. The van der Waals surface area contributed by atoms with E-state index in [0.29, 0.717) is 0 Å². The summed E-state index contributed by atoms with van der Waals surface area (Å²) in [6, 6.07) is 6.08. The normalized spacial score (nSPS) is 11.7. The topological polar surface area (TPSA) is 122 Å². The van der Waals surface area contributed by atoms with E-state index in [1.165, 1.54) is 14.0 Å². The van der Waals surface area contributed by atoms with Crippen molar-refractivity contribution in [3.8, 4) is 0 Å². The predicted molar refractivity (Wildman–Crippen MR) is 96.0 cm³/mol. The fourth-order valence-corrected chi connectivity index (χ4v) is 1.46. The van der Waals surface area contributed by atoms with Crippen LogP contribution in [0, 0.1) is 24.5 Å². The minimum atomic E-state index is -6.09. The molecule has 0 bridgehead atoms. The molecule has 0 saturated heterocycles. The molecule has 0 saturated carbocycles.